The Kier molecular flexibility index (Phi) is 7.91. The molecule has 1 N–H and O–H groups in total. The first-order valence-corrected chi connectivity index (χ1v) is 12.1. The van der Waals surface area contributed by atoms with E-state index in [-0.39, 0.29) is 18.1 Å². The molecule has 0 bridgehead atoms. The average molecular weight is 515 g/mol. The molecule has 1 fully saturated rings. The number of nitrogens with zero attached hydrogens (tertiary/aromatic N) is 3. The fraction of sp³-hybridized carbons (Fsp3) is 0.346. The molecule has 3 amide bonds. The standard InChI is InChI=1S/C26H28ClFN4O4/c1-3-36-25(34)22-21(30(2)26(35)29-23(22)18-5-4-6-20(28)15-18)16-31-11-13-32(14-12-31)24(33)17-7-9-19(27)10-8-17/h4-10,15,23H,3,11-14,16H2,1-2H3,(H,29,35)/t23-/m1/s1. The molecule has 2 aromatic carbocycles. The van der Waals surface area contributed by atoms with Crippen molar-refractivity contribution in [2.24, 2.45) is 0 Å². The number of likely N-dealkylation sites (N-methyl/N-ethyl adjacent to an activating group) is 1. The molecule has 4 rings (SSSR count). The molecule has 0 unspecified atom stereocenters. The van der Waals surface area contributed by atoms with Gasteiger partial charge >= 0.3 is 12.0 Å². The number of ether oxygens (including phenoxy) is 1. The molecule has 0 radical (unpaired) electrons. The van der Waals surface area contributed by atoms with Gasteiger partial charge in [0.2, 0.25) is 0 Å². The van der Waals surface area contributed by atoms with E-state index in [0.29, 0.717) is 54.6 Å². The molecule has 8 nitrogen and oxygen atoms in total. The van der Waals surface area contributed by atoms with Gasteiger partial charge in [-0.25, -0.2) is 14.0 Å². The van der Waals surface area contributed by atoms with Crippen LogP contribution in [0.1, 0.15) is 28.9 Å². The predicted octanol–water partition coefficient (Wildman–Crippen LogP) is 3.45. The van der Waals surface area contributed by atoms with Crippen molar-refractivity contribution in [1.82, 2.24) is 20.0 Å². The molecule has 0 aliphatic carbocycles. The molecule has 2 aliphatic rings. The van der Waals surface area contributed by atoms with Crippen LogP contribution >= 0.6 is 11.6 Å². The summed E-state index contributed by atoms with van der Waals surface area (Å²) < 4.78 is 19.3. The number of piperazine rings is 1. The minimum absolute atomic E-state index is 0.0712. The van der Waals surface area contributed by atoms with Crippen LogP contribution < -0.4 is 5.32 Å². The predicted molar refractivity (Wildman–Crippen MR) is 133 cm³/mol. The van der Waals surface area contributed by atoms with Crippen LogP contribution in [0.2, 0.25) is 5.02 Å². The number of nitrogens with one attached hydrogen (secondary N) is 1. The van der Waals surface area contributed by atoms with Crippen molar-refractivity contribution in [2.45, 2.75) is 13.0 Å². The van der Waals surface area contributed by atoms with Crippen LogP contribution in [0.3, 0.4) is 0 Å². The minimum atomic E-state index is -0.841. The van der Waals surface area contributed by atoms with E-state index in [9.17, 15) is 18.8 Å². The quantitative estimate of drug-likeness (QED) is 0.597. The van der Waals surface area contributed by atoms with Gasteiger partial charge in [0, 0.05) is 56.1 Å². The minimum Gasteiger partial charge on any atom is -0.463 e. The molecule has 1 saturated heterocycles. The maximum absolute atomic E-state index is 14.0. The third-order valence-electron chi connectivity index (χ3n) is 6.38. The molecular formula is C26H28ClFN4O4. The second-order valence-electron chi connectivity index (χ2n) is 8.65. The third-order valence-corrected chi connectivity index (χ3v) is 6.63. The van der Waals surface area contributed by atoms with Crippen LogP contribution in [0.5, 0.6) is 0 Å². The molecule has 10 heteroatoms. The van der Waals surface area contributed by atoms with Crippen molar-refractivity contribution >= 4 is 29.5 Å². The monoisotopic (exact) mass is 514 g/mol. The number of halogens is 2. The third kappa shape index (κ3) is 5.52. The van der Waals surface area contributed by atoms with Crippen LogP contribution in [0.4, 0.5) is 9.18 Å². The Morgan fingerprint density at radius 3 is 2.44 bits per heavy atom. The Morgan fingerprint density at radius 2 is 1.81 bits per heavy atom. The lowest BCUT2D eigenvalue weighted by Gasteiger charge is -2.39. The fourth-order valence-corrected chi connectivity index (χ4v) is 4.56. The summed E-state index contributed by atoms with van der Waals surface area (Å²) in [5.41, 5.74) is 1.78. The summed E-state index contributed by atoms with van der Waals surface area (Å²) >= 11 is 5.93. The maximum atomic E-state index is 14.0. The smallest absolute Gasteiger partial charge is 0.338 e. The molecule has 190 valence electrons. The van der Waals surface area contributed by atoms with Gasteiger partial charge in [0.05, 0.1) is 18.2 Å². The van der Waals surface area contributed by atoms with Gasteiger partial charge in [-0.1, -0.05) is 23.7 Å². The van der Waals surface area contributed by atoms with Gasteiger partial charge in [0.25, 0.3) is 5.91 Å². The highest BCUT2D eigenvalue weighted by molar-refractivity contribution is 6.30. The van der Waals surface area contributed by atoms with Crippen molar-refractivity contribution in [3.8, 4) is 0 Å². The number of hydrogen-bond acceptors (Lipinski definition) is 5. The number of carbonyl (C=O) groups is 3. The molecule has 1 atom stereocenters. The zero-order chi connectivity index (χ0) is 25.8. The highest BCUT2D eigenvalue weighted by Gasteiger charge is 2.38. The molecule has 2 aliphatic heterocycles. The number of esters is 1. The molecule has 2 heterocycles. The summed E-state index contributed by atoms with van der Waals surface area (Å²) in [7, 11) is 1.59. The van der Waals surface area contributed by atoms with Gasteiger partial charge in [0.1, 0.15) is 5.82 Å². The molecule has 2 aromatic rings. The van der Waals surface area contributed by atoms with E-state index in [1.165, 1.54) is 23.1 Å². The van der Waals surface area contributed by atoms with Crippen molar-refractivity contribution in [3.63, 3.8) is 0 Å². The normalized spacial score (nSPS) is 18.8. The van der Waals surface area contributed by atoms with Gasteiger partial charge in [-0.3, -0.25) is 14.6 Å². The lowest BCUT2D eigenvalue weighted by atomic mass is 9.94. The number of hydrogen-bond donors (Lipinski definition) is 1. The molecule has 0 spiro atoms. The highest BCUT2D eigenvalue weighted by Crippen LogP contribution is 2.32. The van der Waals surface area contributed by atoms with E-state index >= 15 is 0 Å². The van der Waals surface area contributed by atoms with Crippen LogP contribution in [0, 0.1) is 5.82 Å². The summed E-state index contributed by atoms with van der Waals surface area (Å²) in [6.45, 7) is 4.26. The van der Waals surface area contributed by atoms with Crippen molar-refractivity contribution in [3.05, 3.63) is 81.8 Å². The summed E-state index contributed by atoms with van der Waals surface area (Å²) in [4.78, 5) is 44.0. The van der Waals surface area contributed by atoms with Crippen molar-refractivity contribution in [1.29, 1.82) is 0 Å². The first-order chi connectivity index (χ1) is 17.3. The number of benzene rings is 2. The number of carbonyl (C=O) groups excluding carboxylic acids is 3. The van der Waals surface area contributed by atoms with Crippen LogP contribution in [0.25, 0.3) is 0 Å². The summed E-state index contributed by atoms with van der Waals surface area (Å²) in [6, 6.07) is 11.3. The van der Waals surface area contributed by atoms with Crippen molar-refractivity contribution < 1.29 is 23.5 Å². The zero-order valence-electron chi connectivity index (χ0n) is 20.2. The topological polar surface area (TPSA) is 82.2 Å². The summed E-state index contributed by atoms with van der Waals surface area (Å²) in [6.07, 6.45) is 0. The Labute approximate surface area is 214 Å². The van der Waals surface area contributed by atoms with Gasteiger partial charge < -0.3 is 15.0 Å². The van der Waals surface area contributed by atoms with E-state index in [2.05, 4.69) is 10.2 Å². The maximum Gasteiger partial charge on any atom is 0.338 e. The second kappa shape index (κ2) is 11.1. The molecule has 36 heavy (non-hydrogen) atoms. The van der Waals surface area contributed by atoms with E-state index in [0.717, 1.165) is 0 Å². The summed E-state index contributed by atoms with van der Waals surface area (Å²) in [5.74, 6) is -1.10. The van der Waals surface area contributed by atoms with E-state index in [4.69, 9.17) is 16.3 Å². The van der Waals surface area contributed by atoms with Gasteiger partial charge in [-0.2, -0.15) is 0 Å². The van der Waals surface area contributed by atoms with E-state index < -0.39 is 23.9 Å². The average Bonchev–Trinajstić information content (AvgIpc) is 2.87. The lowest BCUT2D eigenvalue weighted by molar-refractivity contribution is -0.139. The number of urea groups is 1. The van der Waals surface area contributed by atoms with Crippen molar-refractivity contribution in [2.75, 3.05) is 46.4 Å². The SMILES string of the molecule is CCOC(=O)C1=C(CN2CCN(C(=O)c3ccc(Cl)cc3)CC2)N(C)C(=O)N[C@@H]1c1cccc(F)c1. The van der Waals surface area contributed by atoms with Gasteiger partial charge in [-0.05, 0) is 48.9 Å². The van der Waals surface area contributed by atoms with Gasteiger partial charge in [0.15, 0.2) is 0 Å². The molecule has 0 saturated carbocycles. The van der Waals surface area contributed by atoms with E-state index in [1.807, 2.05) is 0 Å². The van der Waals surface area contributed by atoms with Crippen LogP contribution in [-0.2, 0) is 9.53 Å². The Balaban J connectivity index is 1.56. The molecular weight excluding hydrogens is 487 g/mol. The summed E-state index contributed by atoms with van der Waals surface area (Å²) in [5, 5.41) is 3.36. The first-order valence-electron chi connectivity index (χ1n) is 11.8. The second-order valence-corrected chi connectivity index (χ2v) is 9.09. The number of amides is 3. The highest BCUT2D eigenvalue weighted by atomic mass is 35.5. The van der Waals surface area contributed by atoms with E-state index in [1.54, 1.807) is 49.2 Å². The Hall–Kier alpha value is -3.43. The Morgan fingerprint density at radius 1 is 1.11 bits per heavy atom. The van der Waals surface area contributed by atoms with Gasteiger partial charge in [-0.15, -0.1) is 0 Å². The number of rotatable bonds is 6. The lowest BCUT2D eigenvalue weighted by Crippen LogP contribution is -2.53. The largest absolute Gasteiger partial charge is 0.463 e. The fourth-order valence-electron chi connectivity index (χ4n) is 4.43. The van der Waals surface area contributed by atoms with Crippen LogP contribution in [0.15, 0.2) is 59.8 Å². The first kappa shape index (κ1) is 25.7. The Bertz CT molecular complexity index is 1180. The molecule has 0 aromatic heterocycles. The van der Waals surface area contributed by atoms with Crippen LogP contribution in [-0.4, -0.2) is 79.0 Å². The zero-order valence-corrected chi connectivity index (χ0v) is 20.9.